The summed E-state index contributed by atoms with van der Waals surface area (Å²) in [5.74, 6) is 0.143. The van der Waals surface area contributed by atoms with Crippen molar-refractivity contribution in [3.05, 3.63) is 96.1 Å². The van der Waals surface area contributed by atoms with E-state index in [1.165, 1.54) is 114 Å². The normalized spacial score (nSPS) is 11.3. The molecule has 0 unspecified atom stereocenters. The van der Waals surface area contributed by atoms with E-state index in [1.54, 1.807) is 18.2 Å². The average molecular weight is 879 g/mol. The molecule has 4 aromatic rings. The van der Waals surface area contributed by atoms with E-state index in [4.69, 9.17) is 9.47 Å². The van der Waals surface area contributed by atoms with Crippen LogP contribution in [0.2, 0.25) is 0 Å². The molecule has 2 N–H and O–H groups in total. The van der Waals surface area contributed by atoms with Crippen molar-refractivity contribution >= 4 is 58.0 Å². The van der Waals surface area contributed by atoms with Gasteiger partial charge >= 0.3 is 37.7 Å². The van der Waals surface area contributed by atoms with Gasteiger partial charge in [-0.15, -0.1) is 5.75 Å². The number of hydrogen-bond donors (Lipinski definition) is 2. The molecule has 0 heterocycles. The largest absolute Gasteiger partial charge is 2.00 e. The molecule has 0 saturated heterocycles. The summed E-state index contributed by atoms with van der Waals surface area (Å²) >= 11 is 0. The zero-order valence-corrected chi connectivity index (χ0v) is 38.8. The third kappa shape index (κ3) is 20.5. The van der Waals surface area contributed by atoms with Crippen LogP contribution in [0.1, 0.15) is 141 Å². The van der Waals surface area contributed by atoms with Crippen molar-refractivity contribution in [3.8, 4) is 34.5 Å². The maximum atomic E-state index is 11.6. The topological polar surface area (TPSA) is 173 Å². The number of hydrogen-bond acceptors (Lipinski definition) is 9. The fourth-order valence-corrected chi connectivity index (χ4v) is 7.91. The van der Waals surface area contributed by atoms with Crippen LogP contribution in [0, 0.1) is 0 Å². The van der Waals surface area contributed by atoms with Crippen LogP contribution < -0.4 is 14.6 Å². The van der Waals surface area contributed by atoms with Crippen LogP contribution in [0.25, 0.3) is 0 Å². The number of aromatic hydroxyl groups is 1. The van der Waals surface area contributed by atoms with E-state index in [2.05, 4.69) is 13.8 Å². The summed E-state index contributed by atoms with van der Waals surface area (Å²) < 4.78 is 78.5. The maximum Gasteiger partial charge on any atom is 2.00 e. The summed E-state index contributed by atoms with van der Waals surface area (Å²) in [6.45, 7) is 4.45. The van der Waals surface area contributed by atoms with Gasteiger partial charge < -0.3 is 24.2 Å². The van der Waals surface area contributed by atoms with Crippen LogP contribution in [0.5, 0.6) is 34.5 Å². The molecule has 0 aliphatic rings. The predicted octanol–water partition coefficient (Wildman–Crippen LogP) is 11.7. The van der Waals surface area contributed by atoms with Crippen LogP contribution in [0.15, 0.2) is 94.7 Å². The minimum Gasteiger partial charge on any atom is -0.872 e. The van der Waals surface area contributed by atoms with Crippen molar-refractivity contribution in [3.63, 3.8) is 0 Å². The Morgan fingerprint density at radius 2 is 0.898 bits per heavy atom. The van der Waals surface area contributed by atoms with Gasteiger partial charge in [-0.1, -0.05) is 159 Å². The fraction of sp³-hybridized carbons (Fsp3) is 0.478. The van der Waals surface area contributed by atoms with Gasteiger partial charge in [0.05, 0.1) is 4.90 Å². The van der Waals surface area contributed by atoms with E-state index in [1.807, 2.05) is 30.3 Å². The van der Waals surface area contributed by atoms with Gasteiger partial charge in [-0.3, -0.25) is 4.55 Å². The van der Waals surface area contributed by atoms with Crippen LogP contribution in [-0.4, -0.2) is 68.8 Å². The predicted molar refractivity (Wildman–Crippen MR) is 232 cm³/mol. The zero-order valence-electron chi connectivity index (χ0n) is 34.9. The van der Waals surface area contributed by atoms with Gasteiger partial charge in [0.2, 0.25) is 0 Å². The Labute approximate surface area is 383 Å². The van der Waals surface area contributed by atoms with Gasteiger partial charge in [0.15, 0.2) is 0 Å². The summed E-state index contributed by atoms with van der Waals surface area (Å²) in [5, 5.41) is 21.0. The fourth-order valence-electron chi connectivity index (χ4n) is 6.66. The van der Waals surface area contributed by atoms with Crippen LogP contribution in [0.4, 0.5) is 0 Å². The monoisotopic (exact) mass is 878 g/mol. The number of aryl methyl sites for hydroxylation is 2. The molecule has 0 bridgehead atoms. The first-order valence-corrected chi connectivity index (χ1v) is 23.8. The average Bonchev–Trinajstić information content (AvgIpc) is 3.18. The summed E-state index contributed by atoms with van der Waals surface area (Å²) in [4.78, 5) is -1.07. The summed E-state index contributed by atoms with van der Waals surface area (Å²) in [6, 6.07) is 21.8. The molecule has 10 nitrogen and oxygen atoms in total. The molecule has 0 atom stereocenters. The molecule has 0 saturated carbocycles. The van der Waals surface area contributed by atoms with Crippen molar-refractivity contribution in [1.29, 1.82) is 0 Å². The van der Waals surface area contributed by atoms with Gasteiger partial charge in [0.1, 0.15) is 43.8 Å². The molecule has 0 spiro atoms. The first-order valence-electron chi connectivity index (χ1n) is 20.9. The van der Waals surface area contributed by atoms with E-state index in [-0.39, 0.29) is 55.0 Å². The second-order valence-corrected chi connectivity index (χ2v) is 17.5. The molecule has 0 fully saturated rings. The molecule has 320 valence electrons. The summed E-state index contributed by atoms with van der Waals surface area (Å²) in [5.41, 5.74) is 1.95. The van der Waals surface area contributed by atoms with E-state index >= 15 is 0 Å². The number of benzene rings is 4. The third-order valence-electron chi connectivity index (χ3n) is 9.87. The number of ether oxygens (including phenoxy) is 2. The van der Waals surface area contributed by atoms with Crippen LogP contribution >= 0.6 is 0 Å². The van der Waals surface area contributed by atoms with Gasteiger partial charge in [-0.05, 0) is 73.2 Å². The van der Waals surface area contributed by atoms with Crippen molar-refractivity contribution in [1.82, 2.24) is 0 Å². The minimum absolute atomic E-state index is 0. The molecular formula is C46H62CaO10S2. The smallest absolute Gasteiger partial charge is 0.872 e. The number of rotatable bonds is 26. The second kappa shape index (κ2) is 28.6. The van der Waals surface area contributed by atoms with E-state index < -0.39 is 35.8 Å². The Hall–Kier alpha value is -2.84. The molecular weight excluding hydrogens is 817 g/mol. The zero-order chi connectivity index (χ0) is 42.2. The second-order valence-electron chi connectivity index (χ2n) is 14.7. The minimum atomic E-state index is -4.80. The Bertz CT molecular complexity index is 1870. The van der Waals surface area contributed by atoms with Crippen molar-refractivity contribution < 1.29 is 45.6 Å². The van der Waals surface area contributed by atoms with Gasteiger partial charge in [-0.2, -0.15) is 8.42 Å². The van der Waals surface area contributed by atoms with Crippen molar-refractivity contribution in [2.24, 2.45) is 0 Å². The summed E-state index contributed by atoms with van der Waals surface area (Å²) in [6.07, 6.45) is 24.0. The van der Waals surface area contributed by atoms with Crippen LogP contribution in [0.3, 0.4) is 0 Å². The third-order valence-corrected chi connectivity index (χ3v) is 11.6. The molecule has 0 amide bonds. The van der Waals surface area contributed by atoms with E-state index in [0.717, 1.165) is 61.8 Å². The SMILES string of the molecule is CCCCCCCCCCCc1ccccc1Oc1ccc(O)cc1S(=O)(=O)O.CCCCCCCCCCCc1ccccc1Oc1ccc([O-])cc1S(=O)(=O)[O-].[Ca+2]. The first kappa shape index (κ1) is 52.3. The first-order chi connectivity index (χ1) is 27.8. The molecule has 0 aromatic heterocycles. The Morgan fingerprint density at radius 1 is 0.508 bits per heavy atom. The molecule has 0 aliphatic heterocycles. The van der Waals surface area contributed by atoms with Gasteiger partial charge in [-0.25, -0.2) is 8.42 Å². The standard InChI is InChI=1S/2C23H32O5S.Ca/c2*1-2-3-4-5-6-7-8-9-10-13-19-14-11-12-15-21(19)28-22-17-16-20(24)18-23(22)29(25,26)27;/h2*11-12,14-18,24H,2-10,13H2,1H3,(H,25,26,27);/q;;+2/p-2. The molecule has 13 heteroatoms. The van der Waals surface area contributed by atoms with E-state index in [0.29, 0.717) is 11.5 Å². The number of unbranched alkanes of at least 4 members (excludes halogenated alkanes) is 16. The van der Waals surface area contributed by atoms with Gasteiger partial charge in [0, 0.05) is 6.07 Å². The molecule has 59 heavy (non-hydrogen) atoms. The number of para-hydroxylation sites is 2. The van der Waals surface area contributed by atoms with Crippen molar-refractivity contribution in [2.45, 2.75) is 152 Å². The molecule has 4 aromatic carbocycles. The quantitative estimate of drug-likeness (QED) is 0.0351. The Balaban J connectivity index is 0.000000400. The summed E-state index contributed by atoms with van der Waals surface area (Å²) in [7, 11) is -9.31. The number of phenolic OH excluding ortho intramolecular Hbond substituents is 1. The maximum absolute atomic E-state index is 11.6. The number of phenols is 1. The molecule has 0 aliphatic carbocycles. The Morgan fingerprint density at radius 3 is 1.32 bits per heavy atom. The Kier molecular flexibility index (Phi) is 25.4. The van der Waals surface area contributed by atoms with Crippen molar-refractivity contribution in [2.75, 3.05) is 0 Å². The van der Waals surface area contributed by atoms with Crippen LogP contribution in [-0.2, 0) is 33.1 Å². The van der Waals surface area contributed by atoms with Gasteiger partial charge in [0.25, 0.3) is 10.1 Å². The molecule has 0 radical (unpaired) electrons. The molecule has 4 rings (SSSR count). The van der Waals surface area contributed by atoms with E-state index in [9.17, 15) is 36.2 Å².